The van der Waals surface area contributed by atoms with E-state index < -0.39 is 0 Å². The maximum Gasteiger partial charge on any atom is 0.289 e. The van der Waals surface area contributed by atoms with E-state index in [1.807, 2.05) is 23.1 Å². The summed E-state index contributed by atoms with van der Waals surface area (Å²) < 4.78 is 5.30. The van der Waals surface area contributed by atoms with E-state index in [1.54, 1.807) is 18.4 Å². The highest BCUT2D eigenvalue weighted by molar-refractivity contribution is 5.91. The third-order valence-electron chi connectivity index (χ3n) is 4.13. The second kappa shape index (κ2) is 5.97. The van der Waals surface area contributed by atoms with Crippen LogP contribution < -0.4 is 5.32 Å². The zero-order valence-corrected chi connectivity index (χ0v) is 13.1. The van der Waals surface area contributed by atoms with Crippen LogP contribution in [0.5, 0.6) is 0 Å². The lowest BCUT2D eigenvalue weighted by atomic mass is 9.95. The van der Waals surface area contributed by atoms with Crippen molar-refractivity contribution in [3.05, 3.63) is 60.1 Å². The SMILES string of the molecule is CC1(C)CN(C(=O)c2ccco2)C(Cc2ccccc2)CN1. The van der Waals surface area contributed by atoms with E-state index in [0.717, 1.165) is 13.0 Å². The van der Waals surface area contributed by atoms with Crippen LogP contribution in [0.25, 0.3) is 0 Å². The molecule has 1 amide bonds. The summed E-state index contributed by atoms with van der Waals surface area (Å²) >= 11 is 0. The fourth-order valence-corrected chi connectivity index (χ4v) is 2.96. The van der Waals surface area contributed by atoms with Crippen LogP contribution in [0.2, 0.25) is 0 Å². The second-order valence-electron chi connectivity index (χ2n) is 6.52. The van der Waals surface area contributed by atoms with Crippen molar-refractivity contribution in [2.75, 3.05) is 13.1 Å². The topological polar surface area (TPSA) is 45.5 Å². The first-order chi connectivity index (χ1) is 10.6. The monoisotopic (exact) mass is 298 g/mol. The van der Waals surface area contributed by atoms with Crippen molar-refractivity contribution in [2.24, 2.45) is 0 Å². The molecular formula is C18H22N2O2. The Balaban J connectivity index is 1.82. The Morgan fingerprint density at radius 3 is 2.73 bits per heavy atom. The van der Waals surface area contributed by atoms with Crippen LogP contribution in [0.3, 0.4) is 0 Å². The molecule has 1 aliphatic heterocycles. The largest absolute Gasteiger partial charge is 0.459 e. The first kappa shape index (κ1) is 14.9. The van der Waals surface area contributed by atoms with Gasteiger partial charge in [0.1, 0.15) is 0 Å². The predicted octanol–water partition coefficient (Wildman–Crippen LogP) is 2.71. The van der Waals surface area contributed by atoms with E-state index in [9.17, 15) is 4.79 Å². The number of rotatable bonds is 3. The van der Waals surface area contributed by atoms with Gasteiger partial charge in [0.25, 0.3) is 5.91 Å². The van der Waals surface area contributed by atoms with Gasteiger partial charge in [-0.1, -0.05) is 30.3 Å². The molecule has 116 valence electrons. The van der Waals surface area contributed by atoms with Crippen LogP contribution in [0.4, 0.5) is 0 Å². The number of hydrogen-bond donors (Lipinski definition) is 1. The Kier molecular flexibility index (Phi) is 4.03. The average Bonchev–Trinajstić information content (AvgIpc) is 3.03. The van der Waals surface area contributed by atoms with Crippen LogP contribution in [-0.2, 0) is 6.42 Å². The van der Waals surface area contributed by atoms with Crippen molar-refractivity contribution in [1.29, 1.82) is 0 Å². The molecule has 1 N–H and O–H groups in total. The Morgan fingerprint density at radius 2 is 2.05 bits per heavy atom. The van der Waals surface area contributed by atoms with E-state index in [2.05, 4.69) is 31.3 Å². The quantitative estimate of drug-likeness (QED) is 0.947. The summed E-state index contributed by atoms with van der Waals surface area (Å²) in [6, 6.07) is 13.9. The van der Waals surface area contributed by atoms with Crippen molar-refractivity contribution in [3.8, 4) is 0 Å². The van der Waals surface area contributed by atoms with Crippen molar-refractivity contribution in [3.63, 3.8) is 0 Å². The van der Waals surface area contributed by atoms with Gasteiger partial charge in [0, 0.05) is 24.7 Å². The number of furan rings is 1. The smallest absolute Gasteiger partial charge is 0.289 e. The van der Waals surface area contributed by atoms with Crippen LogP contribution >= 0.6 is 0 Å². The minimum atomic E-state index is -0.0879. The van der Waals surface area contributed by atoms with E-state index in [1.165, 1.54) is 5.56 Å². The maximum atomic E-state index is 12.8. The third-order valence-corrected chi connectivity index (χ3v) is 4.13. The Hall–Kier alpha value is -2.07. The fraction of sp³-hybridized carbons (Fsp3) is 0.389. The molecule has 1 aromatic heterocycles. The van der Waals surface area contributed by atoms with E-state index >= 15 is 0 Å². The molecule has 22 heavy (non-hydrogen) atoms. The fourth-order valence-electron chi connectivity index (χ4n) is 2.96. The van der Waals surface area contributed by atoms with Crippen molar-refractivity contribution >= 4 is 5.91 Å². The highest BCUT2D eigenvalue weighted by Gasteiger charge is 2.36. The molecule has 3 rings (SSSR count). The molecule has 0 bridgehead atoms. The second-order valence-corrected chi connectivity index (χ2v) is 6.52. The van der Waals surface area contributed by atoms with Crippen molar-refractivity contribution < 1.29 is 9.21 Å². The lowest BCUT2D eigenvalue weighted by molar-refractivity contribution is 0.0474. The van der Waals surface area contributed by atoms with Crippen molar-refractivity contribution in [1.82, 2.24) is 10.2 Å². The molecule has 4 nitrogen and oxygen atoms in total. The van der Waals surface area contributed by atoms with E-state index in [0.29, 0.717) is 12.3 Å². The number of amides is 1. The summed E-state index contributed by atoms with van der Waals surface area (Å²) in [7, 11) is 0. The van der Waals surface area contributed by atoms with Gasteiger partial charge in [-0.3, -0.25) is 4.79 Å². The van der Waals surface area contributed by atoms with E-state index in [4.69, 9.17) is 4.42 Å². The highest BCUT2D eigenvalue weighted by atomic mass is 16.3. The van der Waals surface area contributed by atoms with Gasteiger partial charge >= 0.3 is 0 Å². The number of nitrogens with zero attached hydrogens (tertiary/aromatic N) is 1. The van der Waals surface area contributed by atoms with Crippen molar-refractivity contribution in [2.45, 2.75) is 31.8 Å². The van der Waals surface area contributed by atoms with Crippen LogP contribution in [0, 0.1) is 0 Å². The number of carbonyl (C=O) groups excluding carboxylic acids is 1. The molecule has 0 radical (unpaired) electrons. The molecule has 0 spiro atoms. The molecule has 0 aliphatic carbocycles. The minimum Gasteiger partial charge on any atom is -0.459 e. The Labute approximate surface area is 131 Å². The van der Waals surface area contributed by atoms with Crippen LogP contribution in [0.15, 0.2) is 53.1 Å². The molecule has 4 heteroatoms. The summed E-state index contributed by atoms with van der Waals surface area (Å²) in [4.78, 5) is 14.7. The Bertz CT molecular complexity index is 620. The predicted molar refractivity (Wildman–Crippen MR) is 85.8 cm³/mol. The molecule has 2 aromatic rings. The number of benzene rings is 1. The number of nitrogens with one attached hydrogen (secondary N) is 1. The minimum absolute atomic E-state index is 0.0273. The van der Waals surface area contributed by atoms with Gasteiger partial charge in [-0.15, -0.1) is 0 Å². The molecule has 1 unspecified atom stereocenters. The van der Waals surface area contributed by atoms with Crippen LogP contribution in [-0.4, -0.2) is 35.5 Å². The molecular weight excluding hydrogens is 276 g/mol. The third kappa shape index (κ3) is 3.22. The zero-order valence-electron chi connectivity index (χ0n) is 13.1. The number of piperazine rings is 1. The summed E-state index contributed by atoms with van der Waals surface area (Å²) in [6.07, 6.45) is 2.39. The number of carbonyl (C=O) groups is 1. The number of hydrogen-bond acceptors (Lipinski definition) is 3. The van der Waals surface area contributed by atoms with Gasteiger partial charge < -0.3 is 14.6 Å². The zero-order chi connectivity index (χ0) is 15.6. The molecule has 0 saturated carbocycles. The molecule has 1 fully saturated rings. The normalized spacial score (nSPS) is 20.8. The van der Waals surface area contributed by atoms with Gasteiger partial charge in [0.05, 0.1) is 6.26 Å². The average molecular weight is 298 g/mol. The summed E-state index contributed by atoms with van der Waals surface area (Å²) in [6.45, 7) is 5.70. The molecule has 1 saturated heterocycles. The first-order valence-corrected chi connectivity index (χ1v) is 7.69. The highest BCUT2D eigenvalue weighted by Crippen LogP contribution is 2.21. The Morgan fingerprint density at radius 1 is 1.27 bits per heavy atom. The van der Waals surface area contributed by atoms with E-state index in [-0.39, 0.29) is 17.5 Å². The standard InChI is InChI=1S/C18H22N2O2/c1-18(2)13-20(17(21)16-9-6-10-22-16)15(12-19-18)11-14-7-4-3-5-8-14/h3-10,15,19H,11-13H2,1-2H3. The summed E-state index contributed by atoms with van der Waals surface area (Å²) in [5.74, 6) is 0.385. The van der Waals surface area contributed by atoms with Gasteiger partial charge in [0.15, 0.2) is 5.76 Å². The lowest BCUT2D eigenvalue weighted by Gasteiger charge is -2.44. The molecule has 1 aliphatic rings. The molecule has 1 atom stereocenters. The van der Waals surface area contributed by atoms with Gasteiger partial charge in [-0.2, -0.15) is 0 Å². The van der Waals surface area contributed by atoms with Gasteiger partial charge in [-0.25, -0.2) is 0 Å². The molecule has 2 heterocycles. The first-order valence-electron chi connectivity index (χ1n) is 7.69. The van der Waals surface area contributed by atoms with Gasteiger partial charge in [0.2, 0.25) is 0 Å². The maximum absolute atomic E-state index is 12.8. The lowest BCUT2D eigenvalue weighted by Crippen LogP contribution is -2.63. The molecule has 1 aromatic carbocycles. The summed E-state index contributed by atoms with van der Waals surface area (Å²) in [5.41, 5.74) is 1.15. The summed E-state index contributed by atoms with van der Waals surface area (Å²) in [5, 5.41) is 3.53. The van der Waals surface area contributed by atoms with Crippen LogP contribution in [0.1, 0.15) is 30.0 Å². The van der Waals surface area contributed by atoms with Gasteiger partial charge in [-0.05, 0) is 38.0 Å².